The zero-order valence-corrected chi connectivity index (χ0v) is 11.2. The van der Waals surface area contributed by atoms with Crippen LogP contribution in [0.3, 0.4) is 0 Å². The first kappa shape index (κ1) is 11.2. The van der Waals surface area contributed by atoms with E-state index in [-0.39, 0.29) is 5.82 Å². The maximum Gasteiger partial charge on any atom is 0.124 e. The number of aromatic nitrogens is 1. The highest BCUT2D eigenvalue weighted by Gasteiger charge is 2.32. The first-order valence-corrected chi connectivity index (χ1v) is 6.84. The van der Waals surface area contributed by atoms with Crippen LogP contribution >= 0.6 is 0 Å². The van der Waals surface area contributed by atoms with E-state index in [4.69, 9.17) is 0 Å². The molecule has 2 aliphatic heterocycles. The Bertz CT molecular complexity index is 698. The highest BCUT2D eigenvalue weighted by atomic mass is 19.1. The minimum Gasteiger partial charge on any atom is -0.345 e. The summed E-state index contributed by atoms with van der Waals surface area (Å²) in [5.41, 5.74) is 3.57. The number of benzene rings is 1. The molecule has 2 nitrogen and oxygen atoms in total. The smallest absolute Gasteiger partial charge is 0.124 e. The van der Waals surface area contributed by atoms with E-state index >= 15 is 0 Å². The lowest BCUT2D eigenvalue weighted by Crippen LogP contribution is -2.43. The zero-order chi connectivity index (χ0) is 13.1. The van der Waals surface area contributed by atoms with E-state index in [0.29, 0.717) is 12.0 Å². The van der Waals surface area contributed by atoms with Crippen molar-refractivity contribution in [2.45, 2.75) is 19.5 Å². The molecule has 1 aromatic heterocycles. The molecule has 0 saturated heterocycles. The standard InChI is InChI=1S/C16H17FN2/c1-10-5-13-14-7-12(17)6-11-3-4-19(16(11)14)9-15(13)18(2)8-10/h3-7,10,15H,8-9H2,1-2H3/t10-,15-/m0/s1. The molecule has 2 atom stereocenters. The van der Waals surface area contributed by atoms with Crippen molar-refractivity contribution in [2.75, 3.05) is 13.6 Å². The molecule has 0 bridgehead atoms. The fourth-order valence-electron chi connectivity index (χ4n) is 3.67. The third-order valence-corrected chi connectivity index (χ3v) is 4.44. The first-order valence-electron chi connectivity index (χ1n) is 6.84. The van der Waals surface area contributed by atoms with Crippen LogP contribution in [0.5, 0.6) is 0 Å². The molecule has 4 rings (SSSR count). The molecule has 0 amide bonds. The Morgan fingerprint density at radius 1 is 1.26 bits per heavy atom. The summed E-state index contributed by atoms with van der Waals surface area (Å²) in [4.78, 5) is 2.39. The van der Waals surface area contributed by atoms with Crippen LogP contribution in [0.2, 0.25) is 0 Å². The molecule has 98 valence electrons. The number of rotatable bonds is 0. The zero-order valence-electron chi connectivity index (χ0n) is 11.2. The van der Waals surface area contributed by atoms with Crippen molar-refractivity contribution >= 4 is 16.5 Å². The van der Waals surface area contributed by atoms with Gasteiger partial charge in [-0.05, 0) is 36.7 Å². The lowest BCUT2D eigenvalue weighted by Gasteiger charge is -2.39. The van der Waals surface area contributed by atoms with Gasteiger partial charge in [0.1, 0.15) is 5.82 Å². The van der Waals surface area contributed by atoms with E-state index in [2.05, 4.69) is 35.7 Å². The summed E-state index contributed by atoms with van der Waals surface area (Å²) in [5.74, 6) is 0.388. The van der Waals surface area contributed by atoms with Crippen LogP contribution in [-0.2, 0) is 6.54 Å². The number of likely N-dealkylation sites (N-methyl/N-ethyl adjacent to an activating group) is 1. The van der Waals surface area contributed by atoms with E-state index in [1.54, 1.807) is 12.1 Å². The fraction of sp³-hybridized carbons (Fsp3) is 0.375. The van der Waals surface area contributed by atoms with Gasteiger partial charge in [-0.15, -0.1) is 0 Å². The summed E-state index contributed by atoms with van der Waals surface area (Å²) < 4.78 is 16.1. The number of halogens is 1. The lowest BCUT2D eigenvalue weighted by molar-refractivity contribution is 0.234. The Kier molecular flexibility index (Phi) is 2.19. The fourth-order valence-corrected chi connectivity index (χ4v) is 3.67. The van der Waals surface area contributed by atoms with Crippen molar-refractivity contribution in [3.05, 3.63) is 41.9 Å². The van der Waals surface area contributed by atoms with Crippen LogP contribution in [0, 0.1) is 11.7 Å². The van der Waals surface area contributed by atoms with Crippen molar-refractivity contribution in [1.82, 2.24) is 9.47 Å². The lowest BCUT2D eigenvalue weighted by atomic mass is 9.86. The Balaban J connectivity index is 2.04. The molecule has 3 heteroatoms. The van der Waals surface area contributed by atoms with Gasteiger partial charge in [0.25, 0.3) is 0 Å². The number of hydrogen-bond donors (Lipinski definition) is 0. The molecule has 19 heavy (non-hydrogen) atoms. The van der Waals surface area contributed by atoms with Gasteiger partial charge in [0, 0.05) is 30.2 Å². The largest absolute Gasteiger partial charge is 0.345 e. The Morgan fingerprint density at radius 3 is 2.95 bits per heavy atom. The third kappa shape index (κ3) is 1.51. The van der Waals surface area contributed by atoms with Crippen LogP contribution in [0.15, 0.2) is 30.5 Å². The van der Waals surface area contributed by atoms with E-state index in [1.807, 2.05) is 6.07 Å². The second-order valence-corrected chi connectivity index (χ2v) is 5.91. The molecule has 0 N–H and O–H groups in total. The van der Waals surface area contributed by atoms with Gasteiger partial charge < -0.3 is 4.57 Å². The van der Waals surface area contributed by atoms with Crippen molar-refractivity contribution in [2.24, 2.45) is 5.92 Å². The van der Waals surface area contributed by atoms with Crippen molar-refractivity contribution in [3.8, 4) is 0 Å². The van der Waals surface area contributed by atoms with Crippen molar-refractivity contribution < 1.29 is 4.39 Å². The molecule has 0 spiro atoms. The Morgan fingerprint density at radius 2 is 2.11 bits per heavy atom. The van der Waals surface area contributed by atoms with E-state index in [0.717, 1.165) is 24.0 Å². The Hall–Kier alpha value is -1.61. The SMILES string of the molecule is C[C@H]1C=C2c3cc(F)cc4ccn(c34)C[C@@H]2N(C)C1. The Labute approximate surface area is 112 Å². The molecule has 0 saturated carbocycles. The second kappa shape index (κ2) is 3.70. The van der Waals surface area contributed by atoms with E-state index in [9.17, 15) is 4.39 Å². The van der Waals surface area contributed by atoms with Gasteiger partial charge in [-0.1, -0.05) is 13.0 Å². The minimum atomic E-state index is -0.136. The predicted octanol–water partition coefficient (Wildman–Crippen LogP) is 3.13. The van der Waals surface area contributed by atoms with E-state index < -0.39 is 0 Å². The normalized spacial score (nSPS) is 26.4. The van der Waals surface area contributed by atoms with Crippen LogP contribution in [0.25, 0.3) is 16.5 Å². The molecule has 0 radical (unpaired) electrons. The van der Waals surface area contributed by atoms with Gasteiger partial charge in [0.15, 0.2) is 0 Å². The number of nitrogens with zero attached hydrogens (tertiary/aromatic N) is 2. The molecule has 2 aliphatic rings. The van der Waals surface area contributed by atoms with Gasteiger partial charge in [0.05, 0.1) is 11.6 Å². The van der Waals surface area contributed by atoms with Crippen molar-refractivity contribution in [1.29, 1.82) is 0 Å². The van der Waals surface area contributed by atoms with Crippen molar-refractivity contribution in [3.63, 3.8) is 0 Å². The number of fused-ring (bicyclic) bond motifs is 2. The van der Waals surface area contributed by atoms with Crippen LogP contribution in [0.1, 0.15) is 12.5 Å². The third-order valence-electron chi connectivity index (χ3n) is 4.44. The average Bonchev–Trinajstić information content (AvgIpc) is 2.74. The van der Waals surface area contributed by atoms with Gasteiger partial charge >= 0.3 is 0 Å². The molecule has 2 aromatic rings. The van der Waals surface area contributed by atoms with Gasteiger partial charge in [-0.2, -0.15) is 0 Å². The highest BCUT2D eigenvalue weighted by Crippen LogP contribution is 2.38. The van der Waals surface area contributed by atoms with Crippen LogP contribution in [-0.4, -0.2) is 29.1 Å². The second-order valence-electron chi connectivity index (χ2n) is 5.91. The van der Waals surface area contributed by atoms with Gasteiger partial charge in [-0.3, -0.25) is 4.90 Å². The molecule has 3 heterocycles. The molecular weight excluding hydrogens is 239 g/mol. The predicted molar refractivity (Wildman–Crippen MR) is 75.5 cm³/mol. The minimum absolute atomic E-state index is 0.136. The highest BCUT2D eigenvalue weighted by molar-refractivity contribution is 5.94. The first-order chi connectivity index (χ1) is 9.13. The van der Waals surface area contributed by atoms with Crippen LogP contribution in [0.4, 0.5) is 4.39 Å². The molecule has 0 unspecified atom stereocenters. The summed E-state index contributed by atoms with van der Waals surface area (Å²) in [6.07, 6.45) is 4.41. The average molecular weight is 256 g/mol. The molecular formula is C16H17FN2. The topological polar surface area (TPSA) is 8.17 Å². The molecule has 0 aliphatic carbocycles. The summed E-state index contributed by atoms with van der Waals surface area (Å²) in [6.45, 7) is 4.27. The summed E-state index contributed by atoms with van der Waals surface area (Å²) in [5, 5.41) is 1.01. The summed E-state index contributed by atoms with van der Waals surface area (Å²) in [7, 11) is 2.17. The quantitative estimate of drug-likeness (QED) is 0.703. The number of hydrogen-bond acceptors (Lipinski definition) is 1. The monoisotopic (exact) mass is 256 g/mol. The molecule has 0 fully saturated rings. The van der Waals surface area contributed by atoms with Gasteiger partial charge in [0.2, 0.25) is 0 Å². The summed E-state index contributed by atoms with van der Waals surface area (Å²) in [6, 6.07) is 5.72. The maximum atomic E-state index is 13.8. The van der Waals surface area contributed by atoms with E-state index in [1.165, 1.54) is 11.1 Å². The molecule has 1 aromatic carbocycles. The van der Waals surface area contributed by atoms with Gasteiger partial charge in [-0.25, -0.2) is 4.39 Å². The van der Waals surface area contributed by atoms with Crippen LogP contribution < -0.4 is 0 Å². The maximum absolute atomic E-state index is 13.8. The summed E-state index contributed by atoms with van der Waals surface area (Å²) >= 11 is 0.